The van der Waals surface area contributed by atoms with E-state index in [1.54, 1.807) is 0 Å². The van der Waals surface area contributed by atoms with Crippen molar-refractivity contribution >= 4 is 56.0 Å². The summed E-state index contributed by atoms with van der Waals surface area (Å²) in [4.78, 5) is 29.3. The van der Waals surface area contributed by atoms with Crippen LogP contribution >= 0.6 is 0 Å². The number of carboxylic acids is 2. The number of carboxylic acid groups (broad SMARTS) is 2. The molecule has 0 fully saturated rings. The Labute approximate surface area is 263 Å². The van der Waals surface area contributed by atoms with Gasteiger partial charge in [-0.15, -0.1) is 0 Å². The average Bonchev–Trinajstić information content (AvgIpc) is 2.64. The normalized spacial score (nSPS) is 9.10. The van der Waals surface area contributed by atoms with Gasteiger partial charge in [0.2, 0.25) is 0 Å². The van der Waals surface area contributed by atoms with Crippen molar-refractivity contribution in [3.05, 3.63) is 0 Å². The smallest absolute Gasteiger partial charge is 1.00 e. The van der Waals surface area contributed by atoms with Gasteiger partial charge in [-0.1, -0.05) is 103 Å². The second-order valence-corrected chi connectivity index (χ2v) is 7.13. The van der Waals surface area contributed by atoms with Crippen molar-refractivity contribution in [2.24, 2.45) is 0 Å². The maximum Gasteiger partial charge on any atom is 2.00 e. The van der Waals surface area contributed by atoms with Gasteiger partial charge in [0.25, 0.3) is 0 Å². The van der Waals surface area contributed by atoms with Crippen molar-refractivity contribution in [3.63, 3.8) is 0 Å². The maximum absolute atomic E-state index is 10.0. The van der Waals surface area contributed by atoms with Gasteiger partial charge in [0, 0.05) is 0 Å². The van der Waals surface area contributed by atoms with Crippen LogP contribution in [0.1, 0.15) is 127 Å². The number of rotatable bonds is 19. The van der Waals surface area contributed by atoms with E-state index in [9.17, 15) is 14.4 Å². The molecule has 0 saturated heterocycles. The molecule has 0 atom stereocenters. The number of hydrogen-bond acceptors (Lipinski definition) is 3. The van der Waals surface area contributed by atoms with Crippen molar-refractivity contribution in [2.45, 2.75) is 122 Å². The van der Waals surface area contributed by atoms with Crippen molar-refractivity contribution in [1.82, 2.24) is 0 Å². The van der Waals surface area contributed by atoms with Crippen LogP contribution < -0.4 is 59.1 Å². The molecule has 0 aliphatic carbocycles. The van der Waals surface area contributed by atoms with Crippen molar-refractivity contribution < 1.29 is 88.0 Å². The van der Waals surface area contributed by atoms with Gasteiger partial charge in [-0.2, -0.15) is 6.42 Å². The number of carbonyl (C=O) groups is 2. The fourth-order valence-corrected chi connectivity index (χ4v) is 2.78. The largest absolute Gasteiger partial charge is 2.00 e. The van der Waals surface area contributed by atoms with Crippen LogP contribution in [0.4, 0.5) is 0 Å². The van der Waals surface area contributed by atoms with Crippen LogP contribution in [0.15, 0.2) is 0 Å². The topological polar surface area (TPSA) is 91.7 Å². The zero-order chi connectivity index (χ0) is 20.6. The monoisotopic (exact) mass is 474 g/mol. The first kappa shape index (κ1) is 42.1. The van der Waals surface area contributed by atoms with E-state index in [0.717, 1.165) is 6.42 Å². The summed E-state index contributed by atoms with van der Waals surface area (Å²) in [6.45, 7) is 2.28. The Morgan fingerprint density at radius 2 is 0.900 bits per heavy atom. The molecule has 166 valence electrons. The van der Waals surface area contributed by atoms with E-state index >= 15 is 0 Å². The van der Waals surface area contributed by atoms with Gasteiger partial charge in [-0.05, 0) is 0 Å². The molecule has 30 heavy (non-hydrogen) atoms. The van der Waals surface area contributed by atoms with Gasteiger partial charge >= 0.3 is 109 Å². The molecular weight excluding hydrogens is 430 g/mol. The summed E-state index contributed by atoms with van der Waals surface area (Å²) in [7, 11) is 0. The predicted molar refractivity (Wildman–Crippen MR) is 119 cm³/mol. The Balaban J connectivity index is -0.0000000652. The Morgan fingerprint density at radius 3 is 1.13 bits per heavy atom. The Bertz CT molecular complexity index is 359. The number of aliphatic carboxylic acids is 2. The summed E-state index contributed by atoms with van der Waals surface area (Å²) in [5, 5.41) is 15.8. The van der Waals surface area contributed by atoms with Gasteiger partial charge in [-0.3, -0.25) is 15.9 Å². The van der Waals surface area contributed by atoms with Crippen LogP contribution in [0.3, 0.4) is 0 Å². The fraction of sp³-hybridized carbons (Fsp3) is 0.864. The minimum Gasteiger partial charge on any atom is -1.00 e. The predicted octanol–water partition coefficient (Wildman–Crippen LogP) is 0.258. The van der Waals surface area contributed by atoms with Crippen molar-refractivity contribution in [3.8, 4) is 0 Å². The molecule has 0 bridgehead atoms. The van der Waals surface area contributed by atoms with Crippen LogP contribution in [0.2, 0.25) is 0 Å². The van der Waals surface area contributed by atoms with E-state index in [1.807, 2.05) is 6.29 Å². The van der Waals surface area contributed by atoms with Gasteiger partial charge in [-0.25, -0.2) is 0 Å². The fourth-order valence-electron chi connectivity index (χ4n) is 2.78. The summed E-state index contributed by atoms with van der Waals surface area (Å²) in [5.41, 5.74) is 0. The quantitative estimate of drug-likeness (QED) is 0.159. The number of carbonyl (C=O) groups excluding carboxylic acids is 1. The second kappa shape index (κ2) is 38.1. The first-order valence-electron chi connectivity index (χ1n) is 10.8. The molecule has 0 spiro atoms. The van der Waals surface area contributed by atoms with Gasteiger partial charge in [0.1, 0.15) is 0 Å². The van der Waals surface area contributed by atoms with E-state index < -0.39 is 11.9 Å². The summed E-state index contributed by atoms with van der Waals surface area (Å²) in [6, 6.07) is 0. The standard InChI is InChI=1S/C18H35O.C4H6O4.Ca.2Na.3H/c1-2-3-4-5-6-7-8-9-10-11-12-13-14-15-16-17-18-19;5-3(6)1-2-4(7)8;;;;;;/h2-17H2,1H3;1-2H2,(H,5,6)(H,7,8);;;;;;/q-1;;+2;2*+1;3*-1. The van der Waals surface area contributed by atoms with Crippen LogP contribution in [-0.2, 0) is 14.4 Å². The minimum absolute atomic E-state index is 0. The molecule has 0 aromatic heterocycles. The number of unbranched alkanes of at least 4 members (excludes halogenated alkanes) is 15. The number of hydrogen-bond donors (Lipinski definition) is 2. The SMILES string of the molecule is CCCCCCCCCCCCCCCCC[C-]=O.O=C(O)CCC(=O)O.[Ca+2].[H-].[H-].[H-].[Na+].[Na+]. The van der Waals surface area contributed by atoms with Gasteiger partial charge < -0.3 is 19.3 Å². The molecule has 8 heteroatoms. The average molecular weight is 475 g/mol. The molecule has 0 aromatic rings. The second-order valence-electron chi connectivity index (χ2n) is 7.13. The third-order valence-electron chi connectivity index (χ3n) is 4.44. The van der Waals surface area contributed by atoms with E-state index in [2.05, 4.69) is 6.92 Å². The molecule has 0 heterocycles. The molecule has 0 radical (unpaired) electrons. The Kier molecular flexibility index (Phi) is 53.5. The van der Waals surface area contributed by atoms with Crippen LogP contribution in [-0.4, -0.2) is 66.2 Å². The first-order valence-corrected chi connectivity index (χ1v) is 10.8. The molecule has 0 unspecified atom stereocenters. The Morgan fingerprint density at radius 1 is 0.633 bits per heavy atom. The summed E-state index contributed by atoms with van der Waals surface area (Å²) >= 11 is 0. The van der Waals surface area contributed by atoms with E-state index in [-0.39, 0.29) is 114 Å². The molecule has 0 aliphatic heterocycles. The zero-order valence-corrected chi connectivity index (χ0v) is 26.3. The van der Waals surface area contributed by atoms with Gasteiger partial charge in [0.05, 0.1) is 12.8 Å². The molecule has 2 N–H and O–H groups in total. The zero-order valence-electron chi connectivity index (χ0n) is 23.1. The molecule has 0 aromatic carbocycles. The molecule has 5 nitrogen and oxygen atoms in total. The molecule has 0 saturated carbocycles. The Hall–Kier alpha value is 1.87. The maximum atomic E-state index is 10.0. The molecular formula is C22H44CaNa2O5. The minimum atomic E-state index is -1.08. The third kappa shape index (κ3) is 47.6. The summed E-state index contributed by atoms with van der Waals surface area (Å²) < 4.78 is 0. The van der Waals surface area contributed by atoms with Gasteiger partial charge in [0.15, 0.2) is 0 Å². The van der Waals surface area contributed by atoms with Crippen LogP contribution in [0.25, 0.3) is 0 Å². The van der Waals surface area contributed by atoms with Crippen LogP contribution in [0, 0.1) is 0 Å². The third-order valence-corrected chi connectivity index (χ3v) is 4.44. The first-order chi connectivity index (χ1) is 13.0. The van der Waals surface area contributed by atoms with E-state index in [4.69, 9.17) is 10.2 Å². The van der Waals surface area contributed by atoms with Crippen molar-refractivity contribution in [2.75, 3.05) is 0 Å². The van der Waals surface area contributed by atoms with E-state index in [1.165, 1.54) is 89.9 Å². The molecule has 0 rings (SSSR count). The van der Waals surface area contributed by atoms with E-state index in [0.29, 0.717) is 6.42 Å². The molecule has 0 aliphatic rings. The van der Waals surface area contributed by atoms with Crippen molar-refractivity contribution in [1.29, 1.82) is 0 Å². The molecule has 0 amide bonds. The summed E-state index contributed by atoms with van der Waals surface area (Å²) in [5.74, 6) is -2.15. The summed E-state index contributed by atoms with van der Waals surface area (Å²) in [6.07, 6.45) is 22.6. The van der Waals surface area contributed by atoms with Crippen LogP contribution in [0.5, 0.6) is 0 Å².